The number of rotatable bonds is 8. The Hall–Kier alpha value is -1.89. The first-order valence-corrected chi connectivity index (χ1v) is 10.2. The molecule has 31 heavy (non-hydrogen) atoms. The maximum Gasteiger partial charge on any atom is 0.397 e. The number of carbonyl (C=O) groups excluding carboxylic acids is 1. The molecule has 1 saturated heterocycles. The highest BCUT2D eigenvalue weighted by Gasteiger charge is 2.47. The van der Waals surface area contributed by atoms with Gasteiger partial charge in [0.2, 0.25) is 18.0 Å². The lowest BCUT2D eigenvalue weighted by molar-refractivity contribution is -0.261. The maximum absolute atomic E-state index is 11.4. The van der Waals surface area contributed by atoms with E-state index in [-0.39, 0.29) is 0 Å². The third kappa shape index (κ3) is 6.55. The minimum Gasteiger partial charge on any atom is -0.475 e. The number of amides is 1. The van der Waals surface area contributed by atoms with Crippen LogP contribution in [0, 0.1) is 5.92 Å². The van der Waals surface area contributed by atoms with Gasteiger partial charge in [-0.15, -0.1) is 0 Å². The lowest BCUT2D eigenvalue weighted by atomic mass is 9.87. The minimum absolute atomic E-state index is 0.611. The summed E-state index contributed by atoms with van der Waals surface area (Å²) in [5, 5.41) is 51.2. The SMILES string of the molecule is CC(=O)N[C@H]1C(O)O[C@H](CO)[C@H](O)[C@@H]1CO[C@@H]1OC(C(=O)O)=C[C@H](O)[C@@H]1OS(=O)(=O)O. The number of ether oxygens (including phenoxy) is 3. The smallest absolute Gasteiger partial charge is 0.397 e. The van der Waals surface area contributed by atoms with Gasteiger partial charge >= 0.3 is 16.4 Å². The zero-order valence-corrected chi connectivity index (χ0v) is 16.8. The molecule has 0 bridgehead atoms. The van der Waals surface area contributed by atoms with Crippen LogP contribution in [0.3, 0.4) is 0 Å². The van der Waals surface area contributed by atoms with Crippen molar-refractivity contribution in [3.05, 3.63) is 11.8 Å². The van der Waals surface area contributed by atoms with Crippen molar-refractivity contribution in [2.75, 3.05) is 13.2 Å². The number of carboxylic acids is 1. The maximum atomic E-state index is 11.4. The van der Waals surface area contributed by atoms with Crippen molar-refractivity contribution in [3.63, 3.8) is 0 Å². The van der Waals surface area contributed by atoms with Gasteiger partial charge in [-0.25, -0.2) is 8.98 Å². The summed E-state index contributed by atoms with van der Waals surface area (Å²) < 4.78 is 50.6. The molecule has 0 saturated carbocycles. The van der Waals surface area contributed by atoms with E-state index in [1.165, 1.54) is 0 Å². The van der Waals surface area contributed by atoms with Crippen molar-refractivity contribution in [2.24, 2.45) is 5.92 Å². The Balaban J connectivity index is 2.25. The molecule has 1 amide bonds. The van der Waals surface area contributed by atoms with E-state index in [9.17, 15) is 38.4 Å². The third-order valence-corrected chi connectivity index (χ3v) is 4.98. The van der Waals surface area contributed by atoms with Crippen LogP contribution in [0.2, 0.25) is 0 Å². The van der Waals surface area contributed by atoms with E-state index in [0.717, 1.165) is 6.92 Å². The second-order valence-electron chi connectivity index (χ2n) is 6.76. The van der Waals surface area contributed by atoms with E-state index >= 15 is 0 Å². The lowest BCUT2D eigenvalue weighted by Gasteiger charge is -2.43. The molecule has 7 N–H and O–H groups in total. The molecule has 1 unspecified atom stereocenters. The Labute approximate surface area is 175 Å². The first-order valence-electron chi connectivity index (χ1n) is 8.80. The third-order valence-electron chi connectivity index (χ3n) is 4.52. The van der Waals surface area contributed by atoms with Crippen LogP contribution in [-0.4, -0.2) is 107 Å². The number of aliphatic carboxylic acids is 1. The summed E-state index contributed by atoms with van der Waals surface area (Å²) in [6.07, 6.45) is -9.57. The zero-order valence-electron chi connectivity index (χ0n) is 16.0. The van der Waals surface area contributed by atoms with Crippen LogP contribution in [0.25, 0.3) is 0 Å². The van der Waals surface area contributed by atoms with Crippen molar-refractivity contribution in [3.8, 4) is 0 Å². The lowest BCUT2D eigenvalue weighted by Crippen LogP contribution is -2.62. The van der Waals surface area contributed by atoms with Gasteiger partial charge in [0.15, 0.2) is 12.4 Å². The van der Waals surface area contributed by atoms with Gasteiger partial charge in [0.05, 0.1) is 25.4 Å². The molecular formula is C15H23NO14S. The summed E-state index contributed by atoms with van der Waals surface area (Å²) in [7, 11) is -5.13. The second-order valence-corrected chi connectivity index (χ2v) is 7.81. The minimum atomic E-state index is -5.13. The molecule has 0 aromatic rings. The van der Waals surface area contributed by atoms with Gasteiger partial charge in [0.25, 0.3) is 0 Å². The van der Waals surface area contributed by atoms with E-state index < -0.39 is 90.2 Å². The predicted octanol–water partition coefficient (Wildman–Crippen LogP) is -3.93. The number of hydrogen-bond acceptors (Lipinski definition) is 12. The largest absolute Gasteiger partial charge is 0.475 e. The molecule has 178 valence electrons. The molecule has 0 radical (unpaired) electrons. The molecule has 0 aromatic heterocycles. The Morgan fingerprint density at radius 2 is 1.90 bits per heavy atom. The van der Waals surface area contributed by atoms with Crippen LogP contribution < -0.4 is 5.32 Å². The van der Waals surface area contributed by atoms with Crippen LogP contribution in [0.15, 0.2) is 11.8 Å². The number of nitrogens with one attached hydrogen (secondary N) is 1. The van der Waals surface area contributed by atoms with Crippen LogP contribution in [-0.2, 0) is 38.4 Å². The Morgan fingerprint density at radius 3 is 2.42 bits per heavy atom. The molecule has 0 aromatic carbocycles. The first-order chi connectivity index (χ1) is 14.3. The highest BCUT2D eigenvalue weighted by atomic mass is 32.3. The van der Waals surface area contributed by atoms with E-state index in [1.807, 2.05) is 0 Å². The van der Waals surface area contributed by atoms with E-state index in [4.69, 9.17) is 23.9 Å². The zero-order chi connectivity index (χ0) is 23.5. The summed E-state index contributed by atoms with van der Waals surface area (Å²) in [5.74, 6) is -4.22. The summed E-state index contributed by atoms with van der Waals surface area (Å²) >= 11 is 0. The summed E-state index contributed by atoms with van der Waals surface area (Å²) in [4.78, 5) is 22.6. The van der Waals surface area contributed by atoms with Gasteiger partial charge in [-0.05, 0) is 6.08 Å². The molecule has 1 fully saturated rings. The van der Waals surface area contributed by atoms with Gasteiger partial charge in [0.1, 0.15) is 12.2 Å². The quantitative estimate of drug-likeness (QED) is 0.167. The molecule has 0 aliphatic carbocycles. The fourth-order valence-corrected chi connectivity index (χ4v) is 3.64. The molecule has 0 spiro atoms. The average Bonchev–Trinajstić information content (AvgIpc) is 2.64. The van der Waals surface area contributed by atoms with Gasteiger partial charge in [-0.3, -0.25) is 9.35 Å². The van der Waals surface area contributed by atoms with Crippen molar-refractivity contribution in [2.45, 2.75) is 50.0 Å². The summed E-state index contributed by atoms with van der Waals surface area (Å²) in [5.41, 5.74) is 0. The van der Waals surface area contributed by atoms with Crippen molar-refractivity contribution in [1.82, 2.24) is 5.32 Å². The highest BCUT2D eigenvalue weighted by molar-refractivity contribution is 7.80. The number of carboxylic acid groups (broad SMARTS) is 1. The molecule has 2 aliphatic heterocycles. The highest BCUT2D eigenvalue weighted by Crippen LogP contribution is 2.29. The monoisotopic (exact) mass is 473 g/mol. The Bertz CT molecular complexity index is 800. The van der Waals surface area contributed by atoms with E-state index in [2.05, 4.69) is 9.50 Å². The van der Waals surface area contributed by atoms with Crippen molar-refractivity contribution >= 4 is 22.3 Å². The topological polar surface area (TPSA) is 239 Å². The van der Waals surface area contributed by atoms with Gasteiger partial charge in [0, 0.05) is 12.8 Å². The van der Waals surface area contributed by atoms with Gasteiger partial charge < -0.3 is 45.1 Å². The second kappa shape index (κ2) is 10.2. The van der Waals surface area contributed by atoms with Crippen molar-refractivity contribution < 1.29 is 66.5 Å². The number of aliphatic hydroxyl groups excluding tert-OH is 4. The Kier molecular flexibility index (Phi) is 8.31. The molecule has 2 aliphatic rings. The number of carbonyl (C=O) groups is 2. The van der Waals surface area contributed by atoms with Crippen LogP contribution >= 0.6 is 0 Å². The van der Waals surface area contributed by atoms with Crippen LogP contribution in [0.4, 0.5) is 0 Å². The standard InChI is InChI=1S/C15H23NO14S/c1-5(18)16-10-6(11(20)9(3-17)28-14(10)23)4-27-15-12(30-31(24,25)26)7(19)2-8(29-15)13(21)22/h2,6-7,9-12,14-15,17,19-20,23H,3-4H2,1H3,(H,16,18)(H,21,22)(H,24,25,26)/t6-,7+,9-,10-,11-,12+,14?,15-/m1/s1. The van der Waals surface area contributed by atoms with E-state index in [1.54, 1.807) is 0 Å². The molecule has 2 rings (SSSR count). The summed E-state index contributed by atoms with van der Waals surface area (Å²) in [6, 6.07) is -1.25. The van der Waals surface area contributed by atoms with Crippen LogP contribution in [0.1, 0.15) is 6.92 Å². The van der Waals surface area contributed by atoms with Gasteiger partial charge in [-0.2, -0.15) is 8.42 Å². The average molecular weight is 473 g/mol. The predicted molar refractivity (Wildman–Crippen MR) is 94.0 cm³/mol. The van der Waals surface area contributed by atoms with E-state index in [0.29, 0.717) is 6.08 Å². The number of aliphatic hydroxyl groups is 4. The fraction of sp³-hybridized carbons (Fsp3) is 0.733. The molecule has 15 nitrogen and oxygen atoms in total. The molecule has 2 heterocycles. The van der Waals surface area contributed by atoms with Crippen LogP contribution in [0.5, 0.6) is 0 Å². The van der Waals surface area contributed by atoms with Gasteiger partial charge in [-0.1, -0.05) is 0 Å². The molecule has 8 atom stereocenters. The number of hydrogen-bond donors (Lipinski definition) is 7. The Morgan fingerprint density at radius 1 is 1.26 bits per heavy atom. The molecule has 16 heteroatoms. The summed E-state index contributed by atoms with van der Waals surface area (Å²) in [6.45, 7) is -0.213. The normalized spacial score (nSPS) is 36.3. The fourth-order valence-electron chi connectivity index (χ4n) is 3.15. The first kappa shape index (κ1) is 25.4. The van der Waals surface area contributed by atoms with Crippen molar-refractivity contribution in [1.29, 1.82) is 0 Å². The molecular weight excluding hydrogens is 450 g/mol.